The smallest absolute Gasteiger partial charge is 0.235 e. The van der Waals surface area contributed by atoms with Gasteiger partial charge in [0.2, 0.25) is 11.8 Å². The molecule has 2 heterocycles. The predicted octanol–water partition coefficient (Wildman–Crippen LogP) is 3.17. The van der Waals surface area contributed by atoms with Crippen LogP contribution in [0.4, 0.5) is 0 Å². The number of fused-ring (bicyclic) bond motifs is 1. The topological polar surface area (TPSA) is 90.5 Å². The maximum atomic E-state index is 13.6. The Morgan fingerprint density at radius 1 is 1.00 bits per heavy atom. The number of imide groups is 1. The van der Waals surface area contributed by atoms with Crippen molar-refractivity contribution in [1.29, 1.82) is 5.41 Å². The lowest BCUT2D eigenvalue weighted by Gasteiger charge is -2.31. The lowest BCUT2D eigenvalue weighted by atomic mass is 9.84. The maximum absolute atomic E-state index is 13.6. The van der Waals surface area contributed by atoms with Gasteiger partial charge >= 0.3 is 0 Å². The lowest BCUT2D eigenvalue weighted by molar-refractivity contribution is -0.142. The summed E-state index contributed by atoms with van der Waals surface area (Å²) in [6, 6.07) is 17.0. The second-order valence-electron chi connectivity index (χ2n) is 9.14. The molecule has 0 bridgehead atoms. The summed E-state index contributed by atoms with van der Waals surface area (Å²) in [6.07, 6.45) is 0.859. The van der Waals surface area contributed by atoms with Crippen LogP contribution in [-0.4, -0.2) is 40.5 Å². The van der Waals surface area contributed by atoms with Gasteiger partial charge in [-0.2, -0.15) is 0 Å². The first-order valence-electron chi connectivity index (χ1n) is 10.8. The molecule has 31 heavy (non-hydrogen) atoms. The van der Waals surface area contributed by atoms with Crippen LogP contribution in [0.2, 0.25) is 0 Å². The van der Waals surface area contributed by atoms with Crippen molar-refractivity contribution in [1.82, 2.24) is 9.80 Å². The highest BCUT2D eigenvalue weighted by Gasteiger charge is 2.61. The summed E-state index contributed by atoms with van der Waals surface area (Å²) >= 11 is 0. The first kappa shape index (κ1) is 21.2. The average molecular weight is 419 g/mol. The van der Waals surface area contributed by atoms with E-state index in [9.17, 15) is 9.59 Å². The van der Waals surface area contributed by atoms with Gasteiger partial charge in [0.05, 0.1) is 18.4 Å². The number of nitrogens with two attached hydrogens (primary N) is 1. The average Bonchev–Trinajstić information content (AvgIpc) is 3.15. The van der Waals surface area contributed by atoms with Gasteiger partial charge in [-0.1, -0.05) is 68.4 Å². The van der Waals surface area contributed by atoms with E-state index in [0.717, 1.165) is 17.5 Å². The predicted molar refractivity (Wildman–Crippen MR) is 120 cm³/mol. The highest BCUT2D eigenvalue weighted by atomic mass is 16.2. The number of carbonyl (C=O) groups is 2. The van der Waals surface area contributed by atoms with Crippen molar-refractivity contribution in [2.24, 2.45) is 23.5 Å². The summed E-state index contributed by atoms with van der Waals surface area (Å²) in [6.45, 7) is 4.63. The van der Waals surface area contributed by atoms with Crippen LogP contribution in [0.1, 0.15) is 43.0 Å². The Hall–Kier alpha value is -2.99. The van der Waals surface area contributed by atoms with E-state index in [0.29, 0.717) is 18.0 Å². The van der Waals surface area contributed by atoms with Gasteiger partial charge in [-0.3, -0.25) is 24.8 Å². The Kier molecular flexibility index (Phi) is 5.67. The van der Waals surface area contributed by atoms with E-state index in [4.69, 9.17) is 11.1 Å². The Morgan fingerprint density at radius 3 is 2.19 bits per heavy atom. The van der Waals surface area contributed by atoms with Crippen LogP contribution in [0.15, 0.2) is 54.6 Å². The van der Waals surface area contributed by atoms with Crippen LogP contribution in [0.3, 0.4) is 0 Å². The highest BCUT2D eigenvalue weighted by Crippen LogP contribution is 2.50. The largest absolute Gasteiger partial charge is 0.384 e. The van der Waals surface area contributed by atoms with Gasteiger partial charge in [0, 0.05) is 17.6 Å². The standard InChI is InChI=1S/C25H30N4O2/c1-15(2)13-19-20-21(22(28(19)3)17-9-11-18(12-10-17)23(26)27)25(31)29(24(20)30)14-16-7-5-4-6-8-16/h4-12,15,19-22H,13-14H2,1-3H3,(H3,26,27)/t19-,20-,21-,22-/m1/s1. The number of hydrogen-bond donors (Lipinski definition) is 2. The van der Waals surface area contributed by atoms with E-state index in [1.165, 1.54) is 4.90 Å². The minimum Gasteiger partial charge on any atom is -0.384 e. The molecule has 4 atom stereocenters. The van der Waals surface area contributed by atoms with Crippen molar-refractivity contribution >= 4 is 17.6 Å². The molecular weight excluding hydrogens is 388 g/mol. The van der Waals surface area contributed by atoms with E-state index in [1.807, 2.05) is 61.6 Å². The molecule has 2 aliphatic heterocycles. The fourth-order valence-corrected chi connectivity index (χ4v) is 5.24. The fraction of sp³-hybridized carbons (Fsp3) is 0.400. The first-order chi connectivity index (χ1) is 14.8. The van der Waals surface area contributed by atoms with E-state index in [1.54, 1.807) is 0 Å². The summed E-state index contributed by atoms with van der Waals surface area (Å²) in [7, 11) is 2.02. The highest BCUT2D eigenvalue weighted by molar-refractivity contribution is 6.06. The maximum Gasteiger partial charge on any atom is 0.235 e. The van der Waals surface area contributed by atoms with Gasteiger partial charge in [-0.25, -0.2) is 0 Å². The number of amidine groups is 1. The molecule has 0 unspecified atom stereocenters. The number of nitrogens with one attached hydrogen (secondary N) is 1. The van der Waals surface area contributed by atoms with Gasteiger partial charge in [-0.15, -0.1) is 0 Å². The monoisotopic (exact) mass is 418 g/mol. The second-order valence-corrected chi connectivity index (χ2v) is 9.14. The third-order valence-corrected chi connectivity index (χ3v) is 6.67. The van der Waals surface area contributed by atoms with Crippen LogP contribution in [0.25, 0.3) is 0 Å². The summed E-state index contributed by atoms with van der Waals surface area (Å²) in [5, 5.41) is 7.64. The molecule has 2 saturated heterocycles. The fourth-order valence-electron chi connectivity index (χ4n) is 5.24. The molecule has 0 aliphatic carbocycles. The Bertz CT molecular complexity index is 986. The zero-order valence-electron chi connectivity index (χ0n) is 18.3. The number of nitrogen functional groups attached to an aromatic ring is 1. The molecule has 2 aromatic carbocycles. The zero-order valence-corrected chi connectivity index (χ0v) is 18.3. The molecule has 0 radical (unpaired) electrons. The van der Waals surface area contributed by atoms with E-state index < -0.39 is 5.92 Å². The molecule has 3 N–H and O–H groups in total. The van der Waals surface area contributed by atoms with Gasteiger partial charge in [0.15, 0.2) is 0 Å². The molecular formula is C25H30N4O2. The Morgan fingerprint density at radius 2 is 1.61 bits per heavy atom. The van der Waals surface area contributed by atoms with Gasteiger partial charge in [0.1, 0.15) is 5.84 Å². The van der Waals surface area contributed by atoms with Crippen LogP contribution in [0, 0.1) is 23.2 Å². The summed E-state index contributed by atoms with van der Waals surface area (Å²) in [5.41, 5.74) is 8.20. The molecule has 6 heteroatoms. The van der Waals surface area contributed by atoms with Crippen molar-refractivity contribution in [3.8, 4) is 0 Å². The minimum atomic E-state index is -0.395. The molecule has 2 aliphatic rings. The van der Waals surface area contributed by atoms with Crippen molar-refractivity contribution in [2.45, 2.75) is 38.9 Å². The molecule has 4 rings (SSSR count). The van der Waals surface area contributed by atoms with Crippen molar-refractivity contribution < 1.29 is 9.59 Å². The van der Waals surface area contributed by atoms with Gasteiger partial charge < -0.3 is 5.73 Å². The molecule has 0 saturated carbocycles. The lowest BCUT2D eigenvalue weighted by Crippen LogP contribution is -2.40. The number of benzene rings is 2. The summed E-state index contributed by atoms with van der Waals surface area (Å²) < 4.78 is 0. The molecule has 2 aromatic rings. The SMILES string of the molecule is CC(C)C[C@@H]1[C@H]2C(=O)N(Cc3ccccc3)C(=O)[C@H]2[C@@H](c2ccc(C(=N)N)cc2)N1C. The zero-order chi connectivity index (χ0) is 22.3. The van der Waals surface area contributed by atoms with Gasteiger partial charge in [-0.05, 0) is 30.5 Å². The van der Waals surface area contributed by atoms with E-state index >= 15 is 0 Å². The third-order valence-electron chi connectivity index (χ3n) is 6.67. The van der Waals surface area contributed by atoms with Crippen LogP contribution in [0.5, 0.6) is 0 Å². The number of amides is 2. The Balaban J connectivity index is 1.70. The summed E-state index contributed by atoms with van der Waals surface area (Å²) in [4.78, 5) is 30.7. The van der Waals surface area contributed by atoms with E-state index in [2.05, 4.69) is 18.7 Å². The Labute approximate surface area is 183 Å². The van der Waals surface area contributed by atoms with Crippen molar-refractivity contribution in [3.63, 3.8) is 0 Å². The third kappa shape index (κ3) is 3.76. The van der Waals surface area contributed by atoms with Gasteiger partial charge in [0.25, 0.3) is 0 Å². The number of carbonyl (C=O) groups excluding carboxylic acids is 2. The minimum absolute atomic E-state index is 0.0136. The molecule has 0 spiro atoms. The van der Waals surface area contributed by atoms with Crippen molar-refractivity contribution in [2.75, 3.05) is 7.05 Å². The number of rotatable bonds is 6. The van der Waals surface area contributed by atoms with Crippen molar-refractivity contribution in [3.05, 3.63) is 71.3 Å². The molecule has 6 nitrogen and oxygen atoms in total. The van der Waals surface area contributed by atoms with E-state index in [-0.39, 0.29) is 35.7 Å². The molecule has 0 aromatic heterocycles. The van der Waals surface area contributed by atoms with Crippen LogP contribution in [-0.2, 0) is 16.1 Å². The second kappa shape index (κ2) is 8.27. The molecule has 2 amide bonds. The number of likely N-dealkylation sites (tertiary alicyclic amines) is 2. The number of hydrogen-bond acceptors (Lipinski definition) is 4. The quantitative estimate of drug-likeness (QED) is 0.428. The summed E-state index contributed by atoms with van der Waals surface area (Å²) in [5.74, 6) is -0.438. The number of nitrogens with zero attached hydrogens (tertiary/aromatic N) is 2. The van der Waals surface area contributed by atoms with Crippen LogP contribution < -0.4 is 5.73 Å². The first-order valence-corrected chi connectivity index (χ1v) is 10.8. The molecule has 162 valence electrons. The van der Waals surface area contributed by atoms with Crippen LogP contribution >= 0.6 is 0 Å². The molecule has 2 fully saturated rings. The normalized spacial score (nSPS) is 26.0.